The van der Waals surface area contributed by atoms with Crippen molar-refractivity contribution < 1.29 is 14.7 Å². The molecule has 0 unspecified atom stereocenters. The van der Waals surface area contributed by atoms with E-state index in [2.05, 4.69) is 11.1 Å². The largest absolute Gasteiger partial charge is 0.465 e. The third-order valence-corrected chi connectivity index (χ3v) is 5.23. The number of hydrogen-bond acceptors (Lipinski definition) is 2. The number of carbonyl (C=O) groups is 2. The number of aromatic nitrogens is 1. The van der Waals surface area contributed by atoms with E-state index in [0.717, 1.165) is 22.0 Å². The van der Waals surface area contributed by atoms with Crippen LogP contribution in [0.4, 0.5) is 4.79 Å². The minimum atomic E-state index is -0.950. The highest BCUT2D eigenvalue weighted by molar-refractivity contribution is 6.33. The van der Waals surface area contributed by atoms with Crippen molar-refractivity contribution in [2.24, 2.45) is 0 Å². The van der Waals surface area contributed by atoms with Crippen LogP contribution < -0.4 is 0 Å². The number of carbonyl (C=O) groups excluding carboxylic acids is 1. The van der Waals surface area contributed by atoms with Crippen LogP contribution in [0, 0.1) is 0 Å². The summed E-state index contributed by atoms with van der Waals surface area (Å²) in [5.41, 5.74) is 3.42. The number of piperazine rings is 1. The molecule has 0 aliphatic carbocycles. The summed E-state index contributed by atoms with van der Waals surface area (Å²) in [5, 5.41) is 10.6. The van der Waals surface area contributed by atoms with Crippen LogP contribution in [0.2, 0.25) is 5.02 Å². The molecule has 138 valence electrons. The lowest BCUT2D eigenvalue weighted by atomic mass is 10.0. The molecular formula is C20H18ClN3O3. The van der Waals surface area contributed by atoms with E-state index in [-0.39, 0.29) is 5.91 Å². The van der Waals surface area contributed by atoms with Gasteiger partial charge in [0.2, 0.25) is 0 Å². The molecular weight excluding hydrogens is 366 g/mol. The third kappa shape index (κ3) is 3.36. The van der Waals surface area contributed by atoms with Gasteiger partial charge in [-0.2, -0.15) is 0 Å². The number of hydrogen-bond donors (Lipinski definition) is 2. The minimum absolute atomic E-state index is 0.130. The van der Waals surface area contributed by atoms with Crippen molar-refractivity contribution in [3.63, 3.8) is 0 Å². The van der Waals surface area contributed by atoms with Crippen molar-refractivity contribution in [3.8, 4) is 11.1 Å². The normalized spacial score (nSPS) is 14.6. The highest BCUT2D eigenvalue weighted by Gasteiger charge is 2.24. The summed E-state index contributed by atoms with van der Waals surface area (Å²) in [5.74, 6) is -0.130. The van der Waals surface area contributed by atoms with Gasteiger partial charge in [-0.1, -0.05) is 23.7 Å². The Kier molecular flexibility index (Phi) is 4.49. The second-order valence-electron chi connectivity index (χ2n) is 6.54. The maximum absolute atomic E-state index is 12.7. The zero-order chi connectivity index (χ0) is 19.0. The van der Waals surface area contributed by atoms with Gasteiger partial charge in [0.15, 0.2) is 0 Å². The van der Waals surface area contributed by atoms with Gasteiger partial charge in [-0.05, 0) is 41.3 Å². The SMILES string of the molecule is O=C(O)N1CCN(C(=O)c2ccc(-c3ccc4[nH]ccc4c3)c(Cl)c2)CC1. The molecule has 2 amide bonds. The van der Waals surface area contributed by atoms with Gasteiger partial charge >= 0.3 is 6.09 Å². The zero-order valence-electron chi connectivity index (χ0n) is 14.5. The number of benzene rings is 2. The van der Waals surface area contributed by atoms with E-state index in [1.165, 1.54) is 4.90 Å². The van der Waals surface area contributed by atoms with Crippen molar-refractivity contribution in [2.75, 3.05) is 26.2 Å². The number of aromatic amines is 1. The number of halogens is 1. The Balaban J connectivity index is 1.54. The topological polar surface area (TPSA) is 76.6 Å². The smallest absolute Gasteiger partial charge is 0.407 e. The van der Waals surface area contributed by atoms with Gasteiger partial charge < -0.3 is 19.9 Å². The molecule has 3 aromatic rings. The second-order valence-corrected chi connectivity index (χ2v) is 6.94. The number of H-pyrrole nitrogens is 1. The van der Waals surface area contributed by atoms with Crippen molar-refractivity contribution in [1.29, 1.82) is 0 Å². The van der Waals surface area contributed by atoms with Gasteiger partial charge in [0, 0.05) is 54.0 Å². The molecule has 7 heteroatoms. The van der Waals surface area contributed by atoms with Crippen molar-refractivity contribution >= 4 is 34.5 Å². The zero-order valence-corrected chi connectivity index (χ0v) is 15.2. The standard InChI is InChI=1S/C20H18ClN3O3/c21-17-12-15(19(25)23-7-9-24(10-8-23)20(26)27)1-3-16(17)13-2-4-18-14(11-13)5-6-22-18/h1-6,11-12,22H,7-10H2,(H,26,27). The maximum atomic E-state index is 12.7. The lowest BCUT2D eigenvalue weighted by Crippen LogP contribution is -2.50. The molecule has 1 saturated heterocycles. The Bertz CT molecular complexity index is 1020. The molecule has 1 aliphatic rings. The molecule has 2 heterocycles. The van der Waals surface area contributed by atoms with E-state index in [9.17, 15) is 9.59 Å². The van der Waals surface area contributed by atoms with E-state index in [1.807, 2.05) is 30.5 Å². The first kappa shape index (κ1) is 17.4. The summed E-state index contributed by atoms with van der Waals surface area (Å²) in [6.45, 7) is 1.41. The average molecular weight is 384 g/mol. The van der Waals surface area contributed by atoms with Crippen molar-refractivity contribution in [3.05, 3.63) is 59.2 Å². The molecule has 0 saturated carbocycles. The van der Waals surface area contributed by atoms with Gasteiger partial charge in [-0.15, -0.1) is 0 Å². The highest BCUT2D eigenvalue weighted by atomic mass is 35.5. The molecule has 2 N–H and O–H groups in total. The number of fused-ring (bicyclic) bond motifs is 1. The summed E-state index contributed by atoms with van der Waals surface area (Å²) < 4.78 is 0. The molecule has 0 atom stereocenters. The minimum Gasteiger partial charge on any atom is -0.465 e. The van der Waals surface area contributed by atoms with Crippen LogP contribution in [-0.4, -0.2) is 58.1 Å². The number of nitrogens with zero attached hydrogens (tertiary/aromatic N) is 2. The van der Waals surface area contributed by atoms with E-state index in [1.54, 1.807) is 17.0 Å². The molecule has 1 aliphatic heterocycles. The van der Waals surface area contributed by atoms with Gasteiger partial charge in [-0.25, -0.2) is 4.79 Å². The Morgan fingerprint density at radius 3 is 2.41 bits per heavy atom. The van der Waals surface area contributed by atoms with Crippen LogP contribution in [0.15, 0.2) is 48.7 Å². The summed E-state index contributed by atoms with van der Waals surface area (Å²) in [6.07, 6.45) is 0.941. The van der Waals surface area contributed by atoms with Gasteiger partial charge in [0.05, 0.1) is 0 Å². The molecule has 0 spiro atoms. The fourth-order valence-corrected chi connectivity index (χ4v) is 3.68. The Hall–Kier alpha value is -2.99. The van der Waals surface area contributed by atoms with Crippen molar-refractivity contribution in [2.45, 2.75) is 0 Å². The fraction of sp³-hybridized carbons (Fsp3) is 0.200. The Morgan fingerprint density at radius 2 is 1.70 bits per heavy atom. The molecule has 0 bridgehead atoms. The third-order valence-electron chi connectivity index (χ3n) is 4.92. The first-order valence-corrected chi connectivity index (χ1v) is 9.05. The van der Waals surface area contributed by atoms with E-state index in [0.29, 0.717) is 36.8 Å². The van der Waals surface area contributed by atoms with Crippen LogP contribution in [-0.2, 0) is 0 Å². The quantitative estimate of drug-likeness (QED) is 0.704. The molecule has 0 radical (unpaired) electrons. The molecule has 2 aromatic carbocycles. The maximum Gasteiger partial charge on any atom is 0.407 e. The van der Waals surface area contributed by atoms with E-state index in [4.69, 9.17) is 16.7 Å². The van der Waals surface area contributed by atoms with E-state index < -0.39 is 6.09 Å². The predicted octanol–water partition coefficient (Wildman–Crippen LogP) is 3.92. The number of carboxylic acid groups (broad SMARTS) is 1. The lowest BCUT2D eigenvalue weighted by molar-refractivity contribution is 0.0625. The molecule has 6 nitrogen and oxygen atoms in total. The Morgan fingerprint density at radius 1 is 0.963 bits per heavy atom. The highest BCUT2D eigenvalue weighted by Crippen LogP contribution is 2.31. The first-order chi connectivity index (χ1) is 13.0. The summed E-state index contributed by atoms with van der Waals surface area (Å²) in [7, 11) is 0. The molecule has 27 heavy (non-hydrogen) atoms. The molecule has 1 fully saturated rings. The molecule has 4 rings (SSSR count). The van der Waals surface area contributed by atoms with Gasteiger partial charge in [0.1, 0.15) is 0 Å². The van der Waals surface area contributed by atoms with Crippen LogP contribution in [0.5, 0.6) is 0 Å². The number of amides is 2. The number of nitrogens with one attached hydrogen (secondary N) is 1. The van der Waals surface area contributed by atoms with Crippen LogP contribution in [0.3, 0.4) is 0 Å². The summed E-state index contributed by atoms with van der Waals surface area (Å²) in [4.78, 5) is 29.8. The first-order valence-electron chi connectivity index (χ1n) is 8.67. The number of rotatable bonds is 2. The fourth-order valence-electron chi connectivity index (χ4n) is 3.39. The van der Waals surface area contributed by atoms with E-state index >= 15 is 0 Å². The summed E-state index contributed by atoms with van der Waals surface area (Å²) >= 11 is 6.47. The average Bonchev–Trinajstić information content (AvgIpc) is 3.15. The molecule has 1 aromatic heterocycles. The predicted molar refractivity (Wildman–Crippen MR) is 104 cm³/mol. The van der Waals surface area contributed by atoms with Crippen LogP contribution in [0.25, 0.3) is 22.0 Å². The van der Waals surface area contributed by atoms with Gasteiger partial charge in [-0.3, -0.25) is 4.79 Å². The Labute approximate surface area is 161 Å². The lowest BCUT2D eigenvalue weighted by Gasteiger charge is -2.33. The van der Waals surface area contributed by atoms with Crippen LogP contribution in [0.1, 0.15) is 10.4 Å². The summed E-state index contributed by atoms with van der Waals surface area (Å²) in [6, 6.07) is 13.4. The van der Waals surface area contributed by atoms with Crippen molar-refractivity contribution in [1.82, 2.24) is 14.8 Å². The second kappa shape index (κ2) is 6.96. The monoisotopic (exact) mass is 383 g/mol. The van der Waals surface area contributed by atoms with Gasteiger partial charge in [0.25, 0.3) is 5.91 Å². The van der Waals surface area contributed by atoms with Crippen LogP contribution >= 0.6 is 11.6 Å².